The molecule has 36 heavy (non-hydrogen) atoms. The molecule has 7 heteroatoms. The number of piperidine rings is 1. The Kier molecular flexibility index (Phi) is 5.36. The van der Waals surface area contributed by atoms with E-state index in [1.165, 1.54) is 17.8 Å². The molecule has 2 fully saturated rings. The van der Waals surface area contributed by atoms with Crippen LogP contribution in [0.4, 0.5) is 5.82 Å². The van der Waals surface area contributed by atoms with Gasteiger partial charge in [0.1, 0.15) is 17.2 Å². The predicted octanol–water partition coefficient (Wildman–Crippen LogP) is 5.07. The Balaban J connectivity index is 1.14. The van der Waals surface area contributed by atoms with E-state index in [4.69, 9.17) is 15.0 Å². The van der Waals surface area contributed by atoms with E-state index in [0.717, 1.165) is 47.8 Å². The number of Topliss-reactive ketones (excluding diaryl/α,β-unsaturated/α-hetero) is 1. The van der Waals surface area contributed by atoms with Gasteiger partial charge < -0.3 is 9.30 Å². The van der Waals surface area contributed by atoms with Crippen LogP contribution < -0.4 is 4.90 Å². The summed E-state index contributed by atoms with van der Waals surface area (Å²) in [6.45, 7) is 12.4. The summed E-state index contributed by atoms with van der Waals surface area (Å²) in [4.78, 5) is 33.8. The van der Waals surface area contributed by atoms with E-state index in [-0.39, 0.29) is 11.7 Å². The third kappa shape index (κ3) is 3.51. The van der Waals surface area contributed by atoms with Gasteiger partial charge in [0.05, 0.1) is 18.1 Å². The molecule has 3 aliphatic rings. The first-order chi connectivity index (χ1) is 17.3. The molecule has 1 saturated carbocycles. The van der Waals surface area contributed by atoms with Crippen molar-refractivity contribution in [3.05, 3.63) is 65.1 Å². The molecule has 2 aliphatic heterocycles. The number of allylic oxidation sites excluding steroid dienone is 2. The van der Waals surface area contributed by atoms with Gasteiger partial charge in [-0.05, 0) is 49.3 Å². The highest BCUT2D eigenvalue weighted by molar-refractivity contribution is 5.97. The number of hydrogen-bond acceptors (Lipinski definition) is 6. The average molecular weight is 483 g/mol. The van der Waals surface area contributed by atoms with Gasteiger partial charge in [-0.1, -0.05) is 26.8 Å². The second kappa shape index (κ2) is 8.36. The van der Waals surface area contributed by atoms with Crippen molar-refractivity contribution < 1.29 is 4.79 Å². The van der Waals surface area contributed by atoms with Crippen LogP contribution in [0.1, 0.15) is 67.8 Å². The van der Waals surface area contributed by atoms with Crippen molar-refractivity contribution in [3.8, 4) is 0 Å². The monoisotopic (exact) mass is 482 g/mol. The van der Waals surface area contributed by atoms with E-state index in [0.29, 0.717) is 29.4 Å². The normalized spacial score (nSPS) is 24.9. The van der Waals surface area contributed by atoms with Crippen molar-refractivity contribution in [2.45, 2.75) is 53.9 Å². The zero-order valence-corrected chi connectivity index (χ0v) is 21.8. The van der Waals surface area contributed by atoms with E-state index < -0.39 is 0 Å². The molecule has 5 heterocycles. The number of anilines is 1. The smallest absolute Gasteiger partial charge is 0.185 e. The maximum absolute atomic E-state index is 12.4. The largest absolute Gasteiger partial charge is 0.355 e. The molecule has 2 atom stereocenters. The second-order valence-corrected chi connectivity index (χ2v) is 11.0. The van der Waals surface area contributed by atoms with Crippen molar-refractivity contribution in [2.24, 2.45) is 28.2 Å². The molecule has 2 unspecified atom stereocenters. The first-order valence-electron chi connectivity index (χ1n) is 13.1. The van der Waals surface area contributed by atoms with Crippen LogP contribution in [-0.4, -0.2) is 43.9 Å². The summed E-state index contributed by atoms with van der Waals surface area (Å²) < 4.78 is 1.94. The molecule has 0 bridgehead atoms. The minimum atomic E-state index is -0.0685. The number of fused-ring (bicyclic) bond motifs is 2. The highest BCUT2D eigenvalue weighted by Crippen LogP contribution is 2.66. The quantitative estimate of drug-likeness (QED) is 0.439. The molecule has 0 spiro atoms. The van der Waals surface area contributed by atoms with Gasteiger partial charge in [-0.15, -0.1) is 0 Å². The Morgan fingerprint density at radius 1 is 1.17 bits per heavy atom. The second-order valence-electron chi connectivity index (χ2n) is 11.0. The number of carbonyl (C=O) groups is 1. The van der Waals surface area contributed by atoms with Crippen LogP contribution in [0.15, 0.2) is 47.6 Å². The highest BCUT2D eigenvalue weighted by Gasteiger charge is 2.69. The van der Waals surface area contributed by atoms with Crippen molar-refractivity contribution in [2.75, 3.05) is 18.0 Å². The van der Waals surface area contributed by atoms with Gasteiger partial charge in [-0.2, -0.15) is 0 Å². The lowest BCUT2D eigenvalue weighted by Crippen LogP contribution is -2.32. The lowest BCUT2D eigenvalue weighted by atomic mass is 9.89. The zero-order valence-electron chi connectivity index (χ0n) is 21.8. The van der Waals surface area contributed by atoms with Crippen molar-refractivity contribution in [1.29, 1.82) is 0 Å². The van der Waals surface area contributed by atoms with Gasteiger partial charge in [-0.3, -0.25) is 14.8 Å². The molecule has 0 aromatic carbocycles. The van der Waals surface area contributed by atoms with Gasteiger partial charge in [-0.25, -0.2) is 9.97 Å². The van der Waals surface area contributed by atoms with E-state index in [1.807, 2.05) is 43.0 Å². The zero-order chi connectivity index (χ0) is 25.2. The maximum atomic E-state index is 12.4. The van der Waals surface area contributed by atoms with Crippen LogP contribution in [0.25, 0.3) is 5.65 Å². The molecule has 6 rings (SSSR count). The summed E-state index contributed by atoms with van der Waals surface area (Å²) >= 11 is 0. The fourth-order valence-corrected chi connectivity index (χ4v) is 6.55. The summed E-state index contributed by atoms with van der Waals surface area (Å²) in [6, 6.07) is 2.09. The van der Waals surface area contributed by atoms with E-state index >= 15 is 0 Å². The summed E-state index contributed by atoms with van der Waals surface area (Å²) in [5.41, 5.74) is 7.39. The Hall–Kier alpha value is -3.35. The molecular weight excluding hydrogens is 448 g/mol. The van der Waals surface area contributed by atoms with Crippen LogP contribution in [0, 0.1) is 30.1 Å². The summed E-state index contributed by atoms with van der Waals surface area (Å²) in [5.74, 6) is 2.33. The Morgan fingerprint density at radius 3 is 2.56 bits per heavy atom. The van der Waals surface area contributed by atoms with Crippen molar-refractivity contribution in [1.82, 2.24) is 19.4 Å². The number of rotatable bonds is 7. The molecule has 1 aliphatic carbocycles. The van der Waals surface area contributed by atoms with Crippen molar-refractivity contribution in [3.63, 3.8) is 0 Å². The number of nitrogens with zero attached hydrogens (tertiary/aromatic N) is 6. The van der Waals surface area contributed by atoms with Crippen LogP contribution in [0.3, 0.4) is 0 Å². The number of aryl methyl sites for hydroxylation is 1. The Labute approximate surface area is 212 Å². The van der Waals surface area contributed by atoms with Crippen LogP contribution in [0.5, 0.6) is 0 Å². The molecule has 0 N–H and O–H groups in total. The molecule has 7 nitrogen and oxygen atoms in total. The van der Waals surface area contributed by atoms with Gasteiger partial charge in [0.25, 0.3) is 0 Å². The number of aliphatic imine (C=N–C) groups is 1. The number of imidazole rings is 1. The SMILES string of the molecule is CCC1(C2=NC(C)=CC2)C2CN(c3cnc(Cc4ccn5cc(C(=O)C(C)C)nc5c4C)cn3)CC21. The number of aromatic nitrogens is 4. The number of carbonyl (C=O) groups excluding carboxylic acids is 1. The molecule has 3 aromatic heterocycles. The van der Waals surface area contributed by atoms with Gasteiger partial charge in [0.2, 0.25) is 0 Å². The highest BCUT2D eigenvalue weighted by atomic mass is 16.1. The molecule has 3 aromatic rings. The molecule has 0 amide bonds. The number of pyridine rings is 1. The number of ketones is 1. The van der Waals surface area contributed by atoms with Crippen molar-refractivity contribution >= 4 is 23.0 Å². The summed E-state index contributed by atoms with van der Waals surface area (Å²) in [5, 5.41) is 0. The average Bonchev–Trinajstić information content (AvgIpc) is 3.37. The topological polar surface area (TPSA) is 75.8 Å². The van der Waals surface area contributed by atoms with E-state index in [2.05, 4.69) is 42.8 Å². The molecule has 0 radical (unpaired) electrons. The minimum Gasteiger partial charge on any atom is -0.355 e. The lowest BCUT2D eigenvalue weighted by Gasteiger charge is -2.27. The van der Waals surface area contributed by atoms with Gasteiger partial charge in [0, 0.05) is 61.1 Å². The van der Waals surface area contributed by atoms with E-state index in [9.17, 15) is 4.79 Å². The third-order valence-corrected chi connectivity index (χ3v) is 8.71. The van der Waals surface area contributed by atoms with Gasteiger partial charge in [0.15, 0.2) is 5.78 Å². The van der Waals surface area contributed by atoms with E-state index in [1.54, 1.807) is 0 Å². The van der Waals surface area contributed by atoms with Crippen LogP contribution >= 0.6 is 0 Å². The maximum Gasteiger partial charge on any atom is 0.185 e. The minimum absolute atomic E-state index is 0.0685. The van der Waals surface area contributed by atoms with Crippen LogP contribution in [-0.2, 0) is 6.42 Å². The lowest BCUT2D eigenvalue weighted by molar-refractivity contribution is 0.0935. The molecular formula is C29H34N6O. The third-order valence-electron chi connectivity index (χ3n) is 8.71. The van der Waals surface area contributed by atoms with Gasteiger partial charge >= 0.3 is 0 Å². The van der Waals surface area contributed by atoms with Crippen LogP contribution in [0.2, 0.25) is 0 Å². The summed E-state index contributed by atoms with van der Waals surface area (Å²) in [7, 11) is 0. The Morgan fingerprint density at radius 2 is 1.94 bits per heavy atom. The fourth-order valence-electron chi connectivity index (χ4n) is 6.55. The number of hydrogen-bond donors (Lipinski definition) is 0. The predicted molar refractivity (Wildman–Crippen MR) is 142 cm³/mol. The Bertz CT molecular complexity index is 1400. The standard InChI is InChI=1S/C29H34N6O/c1-6-29(25-8-7-18(4)32-25)22-14-35(15-23(22)29)26-13-30-21(12-31-26)11-20-9-10-34-16-24(27(36)17(2)3)33-28(34)19(20)5/h7,9-10,12-13,16-17,22-23H,6,8,11,14-15H2,1-5H3. The first-order valence-corrected chi connectivity index (χ1v) is 13.1. The first kappa shape index (κ1) is 23.1. The molecule has 186 valence electrons. The fraction of sp³-hybridized carbons (Fsp3) is 0.483. The summed E-state index contributed by atoms with van der Waals surface area (Å²) in [6.07, 6.45) is 12.8. The molecule has 1 saturated heterocycles.